The van der Waals surface area contributed by atoms with Crippen LogP contribution in [0.4, 0.5) is 0 Å². The van der Waals surface area contributed by atoms with Crippen molar-refractivity contribution in [2.75, 3.05) is 0 Å². The molecule has 3 aromatic rings. The van der Waals surface area contributed by atoms with Gasteiger partial charge in [0.1, 0.15) is 4.83 Å². The number of hydrogen-bond donors (Lipinski definition) is 1. The second-order valence-corrected chi connectivity index (χ2v) is 9.72. The summed E-state index contributed by atoms with van der Waals surface area (Å²) in [5.74, 6) is -0.155. The van der Waals surface area contributed by atoms with Crippen LogP contribution < -0.4 is 5.32 Å². The SMILES string of the molecule is CC(C)n1cc(C(=O)NCc2ccc(Cl)cc2)c(=S)c2cc(I)sc21. The molecule has 0 atom stereocenters. The molecule has 3 rings (SSSR count). The zero-order chi connectivity index (χ0) is 18.1. The predicted octanol–water partition coefficient (Wildman–Crippen LogP) is 6.20. The Bertz CT molecular complexity index is 993. The Balaban J connectivity index is 1.94. The molecule has 0 aliphatic carbocycles. The first-order valence-corrected chi connectivity index (χ1v) is 10.4. The number of fused-ring (bicyclic) bond motifs is 1. The van der Waals surface area contributed by atoms with Crippen LogP contribution in [0.1, 0.15) is 35.8 Å². The highest BCUT2D eigenvalue weighted by Crippen LogP contribution is 2.31. The van der Waals surface area contributed by atoms with Crippen molar-refractivity contribution in [2.45, 2.75) is 26.4 Å². The van der Waals surface area contributed by atoms with E-state index in [0.717, 1.165) is 18.7 Å². The van der Waals surface area contributed by atoms with E-state index in [1.165, 1.54) is 0 Å². The van der Waals surface area contributed by atoms with E-state index in [1.807, 2.05) is 30.5 Å². The third-order valence-electron chi connectivity index (χ3n) is 3.84. The molecule has 0 unspecified atom stereocenters. The average Bonchev–Trinajstić information content (AvgIpc) is 2.96. The largest absolute Gasteiger partial charge is 0.348 e. The maximum absolute atomic E-state index is 12.7. The van der Waals surface area contributed by atoms with Gasteiger partial charge in [-0.2, -0.15) is 0 Å². The molecule has 25 heavy (non-hydrogen) atoms. The van der Waals surface area contributed by atoms with E-state index >= 15 is 0 Å². The van der Waals surface area contributed by atoms with Gasteiger partial charge in [0.05, 0.1) is 13.0 Å². The molecule has 130 valence electrons. The van der Waals surface area contributed by atoms with E-state index in [2.05, 4.69) is 52.4 Å². The van der Waals surface area contributed by atoms with Crippen molar-refractivity contribution in [1.29, 1.82) is 0 Å². The van der Waals surface area contributed by atoms with E-state index < -0.39 is 0 Å². The molecule has 3 nitrogen and oxygen atoms in total. The summed E-state index contributed by atoms with van der Waals surface area (Å²) in [6, 6.07) is 9.72. The van der Waals surface area contributed by atoms with Gasteiger partial charge < -0.3 is 9.88 Å². The summed E-state index contributed by atoms with van der Waals surface area (Å²) in [5.41, 5.74) is 1.53. The summed E-state index contributed by atoms with van der Waals surface area (Å²) in [7, 11) is 0. The number of thiophene rings is 1. The van der Waals surface area contributed by atoms with Crippen LogP contribution in [0, 0.1) is 7.39 Å². The van der Waals surface area contributed by atoms with Gasteiger partial charge >= 0.3 is 0 Å². The fraction of sp³-hybridized carbons (Fsp3) is 0.222. The molecule has 7 heteroatoms. The van der Waals surface area contributed by atoms with Gasteiger partial charge in [0, 0.05) is 29.2 Å². The minimum absolute atomic E-state index is 0.155. The average molecular weight is 503 g/mol. The van der Waals surface area contributed by atoms with Gasteiger partial charge in [-0.25, -0.2) is 0 Å². The van der Waals surface area contributed by atoms with Crippen LogP contribution in [0.2, 0.25) is 5.02 Å². The first kappa shape index (κ1) is 18.8. The van der Waals surface area contributed by atoms with Crippen molar-refractivity contribution in [3.05, 3.63) is 60.1 Å². The smallest absolute Gasteiger partial charge is 0.254 e. The third kappa shape index (κ3) is 4.07. The Morgan fingerprint density at radius 3 is 2.68 bits per heavy atom. The number of carbonyl (C=O) groups excluding carboxylic acids is 1. The molecule has 1 amide bonds. The van der Waals surface area contributed by atoms with Crippen LogP contribution in [0.25, 0.3) is 10.2 Å². The fourth-order valence-corrected chi connectivity index (χ4v) is 4.96. The molecule has 0 fully saturated rings. The lowest BCUT2D eigenvalue weighted by atomic mass is 10.2. The van der Waals surface area contributed by atoms with Crippen molar-refractivity contribution < 1.29 is 4.79 Å². The molecular weight excluding hydrogens is 487 g/mol. The van der Waals surface area contributed by atoms with Crippen molar-refractivity contribution in [3.63, 3.8) is 0 Å². The van der Waals surface area contributed by atoms with Gasteiger partial charge in [0.25, 0.3) is 5.91 Å². The van der Waals surface area contributed by atoms with Gasteiger partial charge in [-0.15, -0.1) is 11.3 Å². The summed E-state index contributed by atoms with van der Waals surface area (Å²) in [4.78, 5) is 13.8. The molecule has 2 aromatic heterocycles. The highest BCUT2D eigenvalue weighted by molar-refractivity contribution is 14.1. The minimum atomic E-state index is -0.155. The standard InChI is InChI=1S/C18H16ClIN2OS2/c1-10(2)22-9-14(16(24)13-7-15(20)25-18(13)22)17(23)21-8-11-3-5-12(19)6-4-11/h3-7,9-10H,8H2,1-2H3,(H,21,23). The first-order chi connectivity index (χ1) is 11.9. The Labute approximate surface area is 174 Å². The van der Waals surface area contributed by atoms with E-state index in [4.69, 9.17) is 23.8 Å². The predicted molar refractivity (Wildman–Crippen MR) is 116 cm³/mol. The summed E-state index contributed by atoms with van der Waals surface area (Å²) >= 11 is 15.5. The Kier molecular flexibility index (Phi) is 5.82. The topological polar surface area (TPSA) is 34.0 Å². The Hall–Kier alpha value is -0.960. The number of hydrogen-bond acceptors (Lipinski definition) is 3. The van der Waals surface area contributed by atoms with Crippen LogP contribution in [0.3, 0.4) is 0 Å². The number of amides is 1. The first-order valence-electron chi connectivity index (χ1n) is 7.73. The monoisotopic (exact) mass is 502 g/mol. The fourth-order valence-electron chi connectivity index (χ4n) is 2.53. The van der Waals surface area contributed by atoms with Gasteiger partial charge in [0.15, 0.2) is 0 Å². The van der Waals surface area contributed by atoms with Crippen LogP contribution in [-0.4, -0.2) is 10.5 Å². The molecule has 0 aliphatic rings. The summed E-state index contributed by atoms with van der Waals surface area (Å²) in [6.45, 7) is 4.64. The molecule has 0 saturated carbocycles. The van der Waals surface area contributed by atoms with E-state index in [0.29, 0.717) is 21.6 Å². The van der Waals surface area contributed by atoms with Crippen molar-refractivity contribution in [3.8, 4) is 0 Å². The Morgan fingerprint density at radius 2 is 2.04 bits per heavy atom. The van der Waals surface area contributed by atoms with Crippen LogP contribution in [0.15, 0.2) is 36.5 Å². The Morgan fingerprint density at radius 1 is 1.36 bits per heavy atom. The normalized spacial score (nSPS) is 11.2. The molecule has 1 aromatic carbocycles. The quantitative estimate of drug-likeness (QED) is 0.340. The number of nitrogens with one attached hydrogen (secondary N) is 1. The highest BCUT2D eigenvalue weighted by Gasteiger charge is 2.16. The van der Waals surface area contributed by atoms with E-state index in [-0.39, 0.29) is 11.9 Å². The number of nitrogens with zero attached hydrogens (tertiary/aromatic N) is 1. The van der Waals surface area contributed by atoms with Crippen LogP contribution in [0.5, 0.6) is 0 Å². The van der Waals surface area contributed by atoms with Crippen molar-refractivity contribution >= 4 is 73.9 Å². The lowest BCUT2D eigenvalue weighted by molar-refractivity contribution is 0.0950. The van der Waals surface area contributed by atoms with Crippen LogP contribution >= 0.6 is 57.7 Å². The van der Waals surface area contributed by atoms with E-state index in [9.17, 15) is 4.79 Å². The molecule has 1 N–H and O–H groups in total. The lowest BCUT2D eigenvalue weighted by Crippen LogP contribution is -2.24. The number of aromatic nitrogens is 1. The molecule has 2 heterocycles. The second-order valence-electron chi connectivity index (χ2n) is 5.95. The van der Waals surface area contributed by atoms with Gasteiger partial charge in [0.2, 0.25) is 0 Å². The molecule has 0 bridgehead atoms. The summed E-state index contributed by atoms with van der Waals surface area (Å²) < 4.78 is 3.89. The van der Waals surface area contributed by atoms with E-state index in [1.54, 1.807) is 11.3 Å². The third-order valence-corrected chi connectivity index (χ3v) is 6.44. The number of halogens is 2. The van der Waals surface area contributed by atoms with Gasteiger partial charge in [-0.05, 0) is 60.2 Å². The number of benzene rings is 1. The zero-order valence-electron chi connectivity index (χ0n) is 13.7. The van der Waals surface area contributed by atoms with Gasteiger partial charge in [-0.1, -0.05) is 36.0 Å². The van der Waals surface area contributed by atoms with Crippen LogP contribution in [-0.2, 0) is 6.54 Å². The lowest BCUT2D eigenvalue weighted by Gasteiger charge is -2.15. The number of pyridine rings is 1. The van der Waals surface area contributed by atoms with Crippen molar-refractivity contribution in [2.24, 2.45) is 0 Å². The molecular formula is C18H16ClIN2OS2. The number of rotatable bonds is 4. The second kappa shape index (κ2) is 7.73. The minimum Gasteiger partial charge on any atom is -0.348 e. The summed E-state index contributed by atoms with van der Waals surface area (Å²) in [5, 5.41) is 4.60. The molecule has 0 spiro atoms. The van der Waals surface area contributed by atoms with Crippen molar-refractivity contribution in [1.82, 2.24) is 9.88 Å². The number of carbonyl (C=O) groups is 1. The summed E-state index contributed by atoms with van der Waals surface area (Å²) in [6.07, 6.45) is 1.87. The maximum Gasteiger partial charge on any atom is 0.254 e. The van der Waals surface area contributed by atoms with Gasteiger partial charge in [-0.3, -0.25) is 4.79 Å². The zero-order valence-corrected chi connectivity index (χ0v) is 18.2. The molecule has 0 saturated heterocycles. The maximum atomic E-state index is 12.7. The molecule has 0 aliphatic heterocycles. The molecule has 0 radical (unpaired) electrons. The highest BCUT2D eigenvalue weighted by atomic mass is 127.